The summed E-state index contributed by atoms with van der Waals surface area (Å²) in [7, 11) is 0. The van der Waals surface area contributed by atoms with E-state index in [1.54, 1.807) is 32.2 Å². The Kier molecular flexibility index (Phi) is 17.5. The van der Waals surface area contributed by atoms with Crippen molar-refractivity contribution in [2.45, 2.75) is 89.0 Å². The summed E-state index contributed by atoms with van der Waals surface area (Å²) >= 11 is 4.34. The Morgan fingerprint density at radius 3 is 1.95 bits per heavy atom. The van der Waals surface area contributed by atoms with Gasteiger partial charge in [0.05, 0.1) is 0 Å². The molecule has 0 radical (unpaired) electrons. The lowest BCUT2D eigenvalue weighted by molar-refractivity contribution is -0.143. The van der Waals surface area contributed by atoms with E-state index in [9.17, 15) is 39.0 Å². The summed E-state index contributed by atoms with van der Waals surface area (Å²) in [5, 5.41) is 36.2. The number of fused-ring (bicyclic) bond motifs is 2. The van der Waals surface area contributed by atoms with Crippen molar-refractivity contribution in [1.29, 1.82) is 0 Å². The van der Waals surface area contributed by atoms with E-state index in [0.29, 0.717) is 36.9 Å². The van der Waals surface area contributed by atoms with Gasteiger partial charge in [-0.1, -0.05) is 86.6 Å². The second-order valence-corrected chi connectivity index (χ2v) is 16.3. The van der Waals surface area contributed by atoms with E-state index in [-0.39, 0.29) is 43.1 Å². The van der Waals surface area contributed by atoms with Crippen molar-refractivity contribution in [3.8, 4) is 5.75 Å². The van der Waals surface area contributed by atoms with Crippen molar-refractivity contribution in [1.82, 2.24) is 31.6 Å². The standard InChI is InChI=1S/C47H57N7O8S/c1-28(2)42(47(61)62)54-43(57)37(13-7-8-22-48)51-45(59)39(25-33-26-49-36-12-6-5-11-35(33)36)53-44(58)38(24-30-15-19-34(55)20-16-30)52-46(60)40(27-63)50-41(56)21-17-29-14-18-31-9-3-4-10-32(31)23-29/h3-6,9-12,14-16,18-20,23,26,28,37-40,42,49,55,63H,7-8,13,17,21-22,24-25,27,48H2,1-2H3,(H,50,56)(H,51,59)(H,52,60)(H,53,58)(H,54,57)(H,61,62)/t37-,38-,39+,40+,42-/m0/s1. The lowest BCUT2D eigenvalue weighted by Crippen LogP contribution is -2.60. The zero-order valence-corrected chi connectivity index (χ0v) is 36.3. The SMILES string of the molecule is CC(C)[C@H](NC(=O)[C@H](CCCCN)NC(=O)[C@@H](Cc1c[nH]c2ccccc12)NC(=O)[C@H](Cc1ccc(O)cc1)NC(=O)[C@@H](CS)NC(=O)CCc1ccc2ccccc2c1)C(=O)O. The van der Waals surface area contributed by atoms with Crippen LogP contribution in [0.3, 0.4) is 0 Å². The van der Waals surface area contributed by atoms with Gasteiger partial charge in [0.15, 0.2) is 0 Å². The van der Waals surface area contributed by atoms with Gasteiger partial charge in [0.1, 0.15) is 36.0 Å². The highest BCUT2D eigenvalue weighted by molar-refractivity contribution is 7.80. The van der Waals surface area contributed by atoms with Crippen LogP contribution in [0.4, 0.5) is 0 Å². The monoisotopic (exact) mass is 879 g/mol. The number of rotatable bonds is 23. The molecule has 5 rings (SSSR count). The third kappa shape index (κ3) is 13.8. The molecule has 63 heavy (non-hydrogen) atoms. The number of H-pyrrole nitrogens is 1. The van der Waals surface area contributed by atoms with Crippen LogP contribution in [0.15, 0.2) is 97.2 Å². The molecule has 16 heteroatoms. The number of unbranched alkanes of at least 4 members (excludes halogenated alkanes) is 1. The summed E-state index contributed by atoms with van der Waals surface area (Å²) in [6.07, 6.45) is 3.27. The minimum absolute atomic E-state index is 0.00563. The molecule has 5 amide bonds. The number of aliphatic carboxylic acids is 1. The van der Waals surface area contributed by atoms with Gasteiger partial charge in [-0.3, -0.25) is 24.0 Å². The number of thiol groups is 1. The number of hydrogen-bond donors (Lipinski definition) is 10. The summed E-state index contributed by atoms with van der Waals surface area (Å²) in [6, 6.07) is 21.2. The highest BCUT2D eigenvalue weighted by Gasteiger charge is 2.33. The highest BCUT2D eigenvalue weighted by atomic mass is 32.1. The van der Waals surface area contributed by atoms with Crippen LogP contribution in [0.5, 0.6) is 5.75 Å². The normalized spacial score (nSPS) is 13.7. The van der Waals surface area contributed by atoms with Crippen LogP contribution in [0, 0.1) is 5.92 Å². The maximum Gasteiger partial charge on any atom is 0.326 e. The van der Waals surface area contributed by atoms with Gasteiger partial charge >= 0.3 is 5.97 Å². The Labute approximate surface area is 371 Å². The predicted molar refractivity (Wildman–Crippen MR) is 245 cm³/mol. The van der Waals surface area contributed by atoms with Gasteiger partial charge in [0.25, 0.3) is 0 Å². The number of phenols is 1. The number of carboxylic acids is 1. The molecule has 10 N–H and O–H groups in total. The molecule has 334 valence electrons. The van der Waals surface area contributed by atoms with Crippen LogP contribution in [0.1, 0.15) is 56.2 Å². The number of aromatic nitrogens is 1. The minimum Gasteiger partial charge on any atom is -0.508 e. The van der Waals surface area contributed by atoms with Crippen molar-refractivity contribution in [3.63, 3.8) is 0 Å². The van der Waals surface area contributed by atoms with Crippen molar-refractivity contribution in [3.05, 3.63) is 114 Å². The van der Waals surface area contributed by atoms with E-state index in [1.165, 1.54) is 12.1 Å². The topological polar surface area (TPSA) is 245 Å². The highest BCUT2D eigenvalue weighted by Crippen LogP contribution is 2.21. The summed E-state index contributed by atoms with van der Waals surface area (Å²) in [5.74, 6) is -5.01. The quantitative estimate of drug-likeness (QED) is 0.0340. The van der Waals surface area contributed by atoms with Crippen molar-refractivity contribution in [2.24, 2.45) is 11.7 Å². The number of nitrogens with two attached hydrogens (primary N) is 1. The number of benzene rings is 4. The molecule has 0 saturated heterocycles. The molecular weight excluding hydrogens is 823 g/mol. The summed E-state index contributed by atoms with van der Waals surface area (Å²) in [5.41, 5.74) is 8.72. The number of para-hydroxylation sites is 1. The molecule has 0 aliphatic carbocycles. The smallest absolute Gasteiger partial charge is 0.326 e. The molecule has 0 aliphatic heterocycles. The number of aryl methyl sites for hydroxylation is 1. The summed E-state index contributed by atoms with van der Waals surface area (Å²) in [6.45, 7) is 3.64. The lowest BCUT2D eigenvalue weighted by Gasteiger charge is -2.27. The van der Waals surface area contributed by atoms with E-state index in [0.717, 1.165) is 27.2 Å². The Morgan fingerprint density at radius 2 is 1.29 bits per heavy atom. The van der Waals surface area contributed by atoms with E-state index in [4.69, 9.17) is 5.73 Å². The van der Waals surface area contributed by atoms with Gasteiger partial charge in [-0.25, -0.2) is 4.79 Å². The molecule has 0 unspecified atom stereocenters. The van der Waals surface area contributed by atoms with E-state index in [1.807, 2.05) is 66.7 Å². The molecule has 0 spiro atoms. The number of hydrogen-bond acceptors (Lipinski definition) is 9. The summed E-state index contributed by atoms with van der Waals surface area (Å²) in [4.78, 5) is 84.6. The fourth-order valence-corrected chi connectivity index (χ4v) is 7.52. The van der Waals surface area contributed by atoms with Gasteiger partial charge in [0, 0.05) is 42.1 Å². The van der Waals surface area contributed by atoms with Gasteiger partial charge in [-0.2, -0.15) is 12.6 Å². The Bertz CT molecular complexity index is 2370. The lowest BCUT2D eigenvalue weighted by atomic mass is 10.0. The third-order valence-electron chi connectivity index (χ3n) is 10.8. The number of carbonyl (C=O) groups excluding carboxylic acids is 5. The number of amides is 5. The fourth-order valence-electron chi connectivity index (χ4n) is 7.27. The number of carbonyl (C=O) groups is 6. The Hall–Kier alpha value is -6.39. The second kappa shape index (κ2) is 23.2. The molecule has 1 heterocycles. The maximum absolute atomic E-state index is 14.4. The first-order valence-electron chi connectivity index (χ1n) is 21.1. The molecule has 0 saturated carbocycles. The first-order chi connectivity index (χ1) is 30.3. The molecule has 4 aromatic carbocycles. The molecule has 0 fully saturated rings. The first kappa shape index (κ1) is 47.7. The average Bonchev–Trinajstić information content (AvgIpc) is 3.68. The molecule has 5 aromatic rings. The zero-order chi connectivity index (χ0) is 45.5. The minimum atomic E-state index is -1.29. The van der Waals surface area contributed by atoms with Crippen molar-refractivity contribution < 1.29 is 39.0 Å². The van der Waals surface area contributed by atoms with Crippen LogP contribution in [-0.4, -0.2) is 93.2 Å². The van der Waals surface area contributed by atoms with Gasteiger partial charge in [-0.15, -0.1) is 0 Å². The Morgan fingerprint density at radius 1 is 0.683 bits per heavy atom. The third-order valence-corrected chi connectivity index (χ3v) is 11.2. The van der Waals surface area contributed by atoms with Crippen LogP contribution in [0.2, 0.25) is 0 Å². The number of aromatic amines is 1. The van der Waals surface area contributed by atoms with E-state index in [2.05, 4.69) is 44.2 Å². The molecule has 0 aliphatic rings. The molecule has 5 atom stereocenters. The fraction of sp³-hybridized carbons (Fsp3) is 0.362. The largest absolute Gasteiger partial charge is 0.508 e. The second-order valence-electron chi connectivity index (χ2n) is 16.0. The van der Waals surface area contributed by atoms with E-state index < -0.39 is 65.7 Å². The van der Waals surface area contributed by atoms with Crippen molar-refractivity contribution in [2.75, 3.05) is 12.3 Å². The molecule has 15 nitrogen and oxygen atoms in total. The number of aromatic hydroxyl groups is 1. The molecule has 1 aromatic heterocycles. The number of nitrogens with one attached hydrogen (secondary N) is 6. The molecule has 0 bridgehead atoms. The first-order valence-corrected chi connectivity index (χ1v) is 21.7. The Balaban J connectivity index is 1.37. The van der Waals surface area contributed by atoms with E-state index >= 15 is 0 Å². The maximum atomic E-state index is 14.4. The average molecular weight is 880 g/mol. The van der Waals surface area contributed by atoms with Crippen LogP contribution in [0.25, 0.3) is 21.7 Å². The van der Waals surface area contributed by atoms with Gasteiger partial charge in [0.2, 0.25) is 29.5 Å². The van der Waals surface area contributed by atoms with Crippen molar-refractivity contribution >= 4 is 69.8 Å². The zero-order valence-electron chi connectivity index (χ0n) is 35.4. The number of carboxylic acid groups (broad SMARTS) is 1. The van der Waals surface area contributed by atoms with Gasteiger partial charge in [-0.05, 0) is 83.8 Å². The summed E-state index contributed by atoms with van der Waals surface area (Å²) < 4.78 is 0. The molecular formula is C47H57N7O8S. The van der Waals surface area contributed by atoms with Crippen LogP contribution >= 0.6 is 12.6 Å². The van der Waals surface area contributed by atoms with Crippen LogP contribution in [-0.2, 0) is 48.0 Å². The predicted octanol–water partition coefficient (Wildman–Crippen LogP) is 3.67. The number of phenolic OH excluding ortho intramolecular Hbond substituents is 1. The van der Waals surface area contributed by atoms with Gasteiger partial charge < -0.3 is 47.5 Å². The van der Waals surface area contributed by atoms with Crippen LogP contribution < -0.4 is 32.3 Å².